The van der Waals surface area contributed by atoms with E-state index in [2.05, 4.69) is 5.32 Å². The molecule has 0 radical (unpaired) electrons. The Bertz CT molecular complexity index is 707. The zero-order valence-electron chi connectivity index (χ0n) is 14.3. The van der Waals surface area contributed by atoms with Crippen LogP contribution in [-0.4, -0.2) is 17.8 Å². The zero-order chi connectivity index (χ0) is 17.5. The van der Waals surface area contributed by atoms with Crippen molar-refractivity contribution in [1.82, 2.24) is 0 Å². The summed E-state index contributed by atoms with van der Waals surface area (Å²) in [6.07, 6.45) is 0.655. The smallest absolute Gasteiger partial charge is 0.265 e. The van der Waals surface area contributed by atoms with Crippen molar-refractivity contribution in [3.63, 3.8) is 0 Å². The number of aryl methyl sites for hydroxylation is 2. The molecule has 1 amide bonds. The molecule has 0 saturated carbocycles. The van der Waals surface area contributed by atoms with Gasteiger partial charge in [-0.2, -0.15) is 0 Å². The fraction of sp³-hybridized carbons (Fsp3) is 0.300. The lowest BCUT2D eigenvalue weighted by molar-refractivity contribution is -0.122. The first-order valence-corrected chi connectivity index (χ1v) is 8.06. The maximum atomic E-state index is 12.2. The molecular formula is C20H23NO3. The van der Waals surface area contributed by atoms with Gasteiger partial charge in [0.15, 0.2) is 6.10 Å². The van der Waals surface area contributed by atoms with Gasteiger partial charge in [0.25, 0.3) is 5.91 Å². The van der Waals surface area contributed by atoms with Crippen LogP contribution in [0.1, 0.15) is 31.4 Å². The molecule has 0 fully saturated rings. The van der Waals surface area contributed by atoms with E-state index in [1.807, 2.05) is 55.5 Å². The summed E-state index contributed by atoms with van der Waals surface area (Å²) in [6.45, 7) is 5.28. The van der Waals surface area contributed by atoms with E-state index in [1.165, 1.54) is 0 Å². The SMILES string of the molecule is CC(=O)CCc1ccc(OC(C)C(=O)Nc2cccc(C)c2)cc1. The quantitative estimate of drug-likeness (QED) is 0.839. The third kappa shape index (κ3) is 5.54. The Morgan fingerprint density at radius 1 is 1.12 bits per heavy atom. The molecule has 4 nitrogen and oxygen atoms in total. The molecule has 0 saturated heterocycles. The highest BCUT2D eigenvalue weighted by molar-refractivity contribution is 5.94. The molecule has 0 aromatic heterocycles. The predicted octanol–water partition coefficient (Wildman–Crippen LogP) is 3.92. The number of benzene rings is 2. The fourth-order valence-electron chi connectivity index (χ4n) is 2.28. The van der Waals surface area contributed by atoms with E-state index in [-0.39, 0.29) is 11.7 Å². The number of hydrogen-bond acceptors (Lipinski definition) is 3. The molecule has 0 bridgehead atoms. The lowest BCUT2D eigenvalue weighted by Gasteiger charge is -2.15. The van der Waals surface area contributed by atoms with Crippen LogP contribution in [0.3, 0.4) is 0 Å². The molecular weight excluding hydrogens is 302 g/mol. The Kier molecular flexibility index (Phi) is 6.13. The van der Waals surface area contributed by atoms with Gasteiger partial charge in [-0.15, -0.1) is 0 Å². The lowest BCUT2D eigenvalue weighted by atomic mass is 10.1. The van der Waals surface area contributed by atoms with Crippen LogP contribution in [0.4, 0.5) is 5.69 Å². The molecule has 4 heteroatoms. The average Bonchev–Trinajstić information content (AvgIpc) is 2.54. The summed E-state index contributed by atoms with van der Waals surface area (Å²) >= 11 is 0. The second kappa shape index (κ2) is 8.29. The van der Waals surface area contributed by atoms with Gasteiger partial charge in [-0.05, 0) is 62.6 Å². The van der Waals surface area contributed by atoms with E-state index in [4.69, 9.17) is 4.74 Å². The third-order valence-corrected chi connectivity index (χ3v) is 3.66. The summed E-state index contributed by atoms with van der Waals surface area (Å²) in [4.78, 5) is 23.2. The number of amides is 1. The van der Waals surface area contributed by atoms with Crippen molar-refractivity contribution < 1.29 is 14.3 Å². The number of hydrogen-bond donors (Lipinski definition) is 1. The average molecular weight is 325 g/mol. The van der Waals surface area contributed by atoms with Gasteiger partial charge in [0.1, 0.15) is 11.5 Å². The minimum absolute atomic E-state index is 0.178. The van der Waals surface area contributed by atoms with Crippen molar-refractivity contribution >= 4 is 17.4 Å². The van der Waals surface area contributed by atoms with E-state index >= 15 is 0 Å². The number of anilines is 1. The second-order valence-corrected chi connectivity index (χ2v) is 5.96. The predicted molar refractivity (Wildman–Crippen MR) is 95.3 cm³/mol. The van der Waals surface area contributed by atoms with Crippen molar-refractivity contribution in [2.24, 2.45) is 0 Å². The Balaban J connectivity index is 1.90. The van der Waals surface area contributed by atoms with Crippen LogP contribution in [-0.2, 0) is 16.0 Å². The summed E-state index contributed by atoms with van der Waals surface area (Å²) in [5, 5.41) is 2.85. The Morgan fingerprint density at radius 3 is 2.46 bits per heavy atom. The van der Waals surface area contributed by atoms with Gasteiger partial charge in [-0.1, -0.05) is 24.3 Å². The Hall–Kier alpha value is -2.62. The van der Waals surface area contributed by atoms with E-state index in [9.17, 15) is 9.59 Å². The number of ketones is 1. The van der Waals surface area contributed by atoms with Crippen LogP contribution in [0.15, 0.2) is 48.5 Å². The second-order valence-electron chi connectivity index (χ2n) is 5.96. The highest BCUT2D eigenvalue weighted by Gasteiger charge is 2.15. The monoisotopic (exact) mass is 325 g/mol. The summed E-state index contributed by atoms with van der Waals surface area (Å²) < 4.78 is 5.68. The molecule has 0 aliphatic rings. The summed E-state index contributed by atoms with van der Waals surface area (Å²) in [7, 11) is 0. The van der Waals surface area contributed by atoms with E-state index in [0.717, 1.165) is 23.2 Å². The molecule has 0 aliphatic carbocycles. The maximum absolute atomic E-state index is 12.2. The van der Waals surface area contributed by atoms with E-state index in [0.29, 0.717) is 12.2 Å². The molecule has 1 N–H and O–H groups in total. The maximum Gasteiger partial charge on any atom is 0.265 e. The van der Waals surface area contributed by atoms with Crippen molar-refractivity contribution in [2.45, 2.75) is 39.7 Å². The Labute approximate surface area is 142 Å². The van der Waals surface area contributed by atoms with Gasteiger partial charge in [0, 0.05) is 12.1 Å². The summed E-state index contributed by atoms with van der Waals surface area (Å²) in [5.74, 6) is 0.617. The van der Waals surface area contributed by atoms with Crippen LogP contribution in [0.25, 0.3) is 0 Å². The molecule has 1 atom stereocenters. The number of carbonyl (C=O) groups excluding carboxylic acids is 2. The van der Waals surface area contributed by atoms with Crippen LogP contribution in [0.5, 0.6) is 5.75 Å². The molecule has 0 heterocycles. The van der Waals surface area contributed by atoms with Gasteiger partial charge in [-0.3, -0.25) is 4.79 Å². The van der Waals surface area contributed by atoms with E-state index < -0.39 is 6.10 Å². The largest absolute Gasteiger partial charge is 0.481 e. The topological polar surface area (TPSA) is 55.4 Å². The van der Waals surface area contributed by atoms with Crippen LogP contribution >= 0.6 is 0 Å². The van der Waals surface area contributed by atoms with Crippen LogP contribution in [0.2, 0.25) is 0 Å². The molecule has 2 aromatic rings. The normalized spacial score (nSPS) is 11.6. The highest BCUT2D eigenvalue weighted by Crippen LogP contribution is 2.16. The highest BCUT2D eigenvalue weighted by atomic mass is 16.5. The van der Waals surface area contributed by atoms with Gasteiger partial charge in [0.05, 0.1) is 0 Å². The zero-order valence-corrected chi connectivity index (χ0v) is 14.3. The van der Waals surface area contributed by atoms with Gasteiger partial charge >= 0.3 is 0 Å². The van der Waals surface area contributed by atoms with Gasteiger partial charge in [0.2, 0.25) is 0 Å². The molecule has 0 spiro atoms. The first-order valence-electron chi connectivity index (χ1n) is 8.06. The number of carbonyl (C=O) groups is 2. The summed E-state index contributed by atoms with van der Waals surface area (Å²) in [5.41, 5.74) is 2.92. The van der Waals surface area contributed by atoms with Gasteiger partial charge in [-0.25, -0.2) is 0 Å². The first kappa shape index (κ1) is 17.7. The van der Waals surface area contributed by atoms with Crippen molar-refractivity contribution in [1.29, 1.82) is 0 Å². The van der Waals surface area contributed by atoms with E-state index in [1.54, 1.807) is 13.8 Å². The minimum atomic E-state index is -0.603. The van der Waals surface area contributed by atoms with Gasteiger partial charge < -0.3 is 14.8 Å². The first-order chi connectivity index (χ1) is 11.4. The number of rotatable bonds is 7. The molecule has 24 heavy (non-hydrogen) atoms. The number of nitrogens with one attached hydrogen (secondary N) is 1. The minimum Gasteiger partial charge on any atom is -0.481 e. The number of Topliss-reactive ketones (excluding diaryl/α,β-unsaturated/α-hetero) is 1. The molecule has 2 rings (SSSR count). The van der Waals surface area contributed by atoms with Crippen molar-refractivity contribution in [2.75, 3.05) is 5.32 Å². The fourth-order valence-corrected chi connectivity index (χ4v) is 2.28. The third-order valence-electron chi connectivity index (χ3n) is 3.66. The van der Waals surface area contributed by atoms with Crippen molar-refractivity contribution in [3.8, 4) is 5.75 Å². The standard InChI is InChI=1S/C20H23NO3/c1-14-5-4-6-18(13-14)21-20(23)16(3)24-19-11-9-17(10-12-19)8-7-15(2)22/h4-6,9-13,16H,7-8H2,1-3H3,(H,21,23). The molecule has 2 aromatic carbocycles. The lowest BCUT2D eigenvalue weighted by Crippen LogP contribution is -2.30. The summed E-state index contributed by atoms with van der Waals surface area (Å²) in [6, 6.07) is 15.1. The number of ether oxygens (including phenoxy) is 1. The molecule has 126 valence electrons. The van der Waals surface area contributed by atoms with Crippen LogP contribution in [0, 0.1) is 6.92 Å². The Morgan fingerprint density at radius 2 is 1.83 bits per heavy atom. The van der Waals surface area contributed by atoms with Crippen molar-refractivity contribution in [3.05, 3.63) is 59.7 Å². The molecule has 0 aliphatic heterocycles. The molecule has 1 unspecified atom stereocenters. The van der Waals surface area contributed by atoms with Crippen LogP contribution < -0.4 is 10.1 Å².